The molecule has 1 aromatic heterocycles. The maximum Gasteiger partial charge on any atom is 0.194 e. The Morgan fingerprint density at radius 3 is 2.86 bits per heavy atom. The molecule has 0 saturated carbocycles. The number of aryl methyl sites for hydroxylation is 1. The predicted octanol–water partition coefficient (Wildman–Crippen LogP) is 3.90. The first-order valence-corrected chi connectivity index (χ1v) is 11.8. The zero-order valence-electron chi connectivity index (χ0n) is 17.7. The van der Waals surface area contributed by atoms with Crippen molar-refractivity contribution >= 4 is 17.3 Å². The molecule has 1 aromatic carbocycles. The predicted molar refractivity (Wildman–Crippen MR) is 121 cm³/mol. The third-order valence-electron chi connectivity index (χ3n) is 6.26. The van der Waals surface area contributed by atoms with Crippen molar-refractivity contribution in [2.45, 2.75) is 52.2 Å². The number of hydrogen-bond donors (Lipinski definition) is 1. The molecule has 0 spiro atoms. The van der Waals surface area contributed by atoms with Gasteiger partial charge in [0.15, 0.2) is 5.96 Å². The van der Waals surface area contributed by atoms with Gasteiger partial charge in [-0.1, -0.05) is 30.3 Å². The number of aliphatic imine (C=N–C) groups is 1. The van der Waals surface area contributed by atoms with Crippen LogP contribution in [0.2, 0.25) is 0 Å². The molecule has 2 aromatic rings. The highest BCUT2D eigenvalue weighted by atomic mass is 32.1. The second-order valence-electron chi connectivity index (χ2n) is 8.19. The van der Waals surface area contributed by atoms with E-state index < -0.39 is 0 Å². The van der Waals surface area contributed by atoms with Gasteiger partial charge in [0.2, 0.25) is 0 Å². The van der Waals surface area contributed by atoms with Gasteiger partial charge in [0, 0.05) is 37.1 Å². The van der Waals surface area contributed by atoms with E-state index in [0.717, 1.165) is 50.3 Å². The minimum absolute atomic E-state index is 0.701. The highest BCUT2D eigenvalue weighted by Gasteiger charge is 2.36. The number of aromatic nitrogens is 1. The van der Waals surface area contributed by atoms with E-state index in [-0.39, 0.29) is 0 Å². The fraction of sp³-hybridized carbons (Fsp3) is 0.565. The van der Waals surface area contributed by atoms with Crippen molar-refractivity contribution in [2.24, 2.45) is 10.9 Å². The second-order valence-corrected chi connectivity index (χ2v) is 9.13. The van der Waals surface area contributed by atoms with Gasteiger partial charge in [-0.3, -0.25) is 4.90 Å². The van der Waals surface area contributed by atoms with Gasteiger partial charge in [-0.05, 0) is 51.1 Å². The molecule has 1 N–H and O–H groups in total. The standard InChI is InChI=1S/C23H33N5S/c1-3-24-23(25-14-22-18(2)26-17-29-22)28-13-11-21-20(16-28)10-7-12-27(21)15-19-8-5-4-6-9-19/h4-6,8-9,17,20-21H,3,7,10-16H2,1-2H3,(H,24,25). The van der Waals surface area contributed by atoms with Crippen LogP contribution in [0.4, 0.5) is 0 Å². The largest absolute Gasteiger partial charge is 0.357 e. The molecular weight excluding hydrogens is 378 g/mol. The van der Waals surface area contributed by atoms with E-state index >= 15 is 0 Å². The maximum absolute atomic E-state index is 4.95. The monoisotopic (exact) mass is 411 g/mol. The van der Waals surface area contributed by atoms with E-state index in [2.05, 4.69) is 64.3 Å². The molecule has 5 nitrogen and oxygen atoms in total. The number of nitrogens with one attached hydrogen (secondary N) is 1. The van der Waals surface area contributed by atoms with Crippen LogP contribution in [0.3, 0.4) is 0 Å². The lowest BCUT2D eigenvalue weighted by Gasteiger charge is -2.48. The number of thiazole rings is 1. The van der Waals surface area contributed by atoms with Crippen LogP contribution in [0.25, 0.3) is 0 Å². The Balaban J connectivity index is 1.41. The van der Waals surface area contributed by atoms with E-state index in [1.165, 1.54) is 36.2 Å². The summed E-state index contributed by atoms with van der Waals surface area (Å²) >= 11 is 1.70. The number of guanidine groups is 1. The molecule has 0 amide bonds. The SMILES string of the molecule is CCNC(=NCc1scnc1C)N1CCC2C(CCCN2Cc2ccccc2)C1. The van der Waals surface area contributed by atoms with Crippen molar-refractivity contribution < 1.29 is 0 Å². The molecule has 156 valence electrons. The molecule has 3 heterocycles. The van der Waals surface area contributed by atoms with Crippen LogP contribution in [-0.2, 0) is 13.1 Å². The number of nitrogens with zero attached hydrogens (tertiary/aromatic N) is 4. The van der Waals surface area contributed by atoms with Crippen molar-refractivity contribution in [3.8, 4) is 0 Å². The van der Waals surface area contributed by atoms with Gasteiger partial charge in [0.25, 0.3) is 0 Å². The Kier molecular flexibility index (Phi) is 6.82. The summed E-state index contributed by atoms with van der Waals surface area (Å²) in [5, 5.41) is 3.53. The number of likely N-dealkylation sites (tertiary alicyclic amines) is 2. The molecule has 2 saturated heterocycles. The molecule has 6 heteroatoms. The Bertz CT molecular complexity index is 803. The molecule has 0 aliphatic carbocycles. The molecule has 2 unspecified atom stereocenters. The zero-order valence-corrected chi connectivity index (χ0v) is 18.5. The number of rotatable bonds is 5. The molecular formula is C23H33N5S. The number of hydrogen-bond acceptors (Lipinski definition) is 4. The first kappa shape index (κ1) is 20.4. The summed E-state index contributed by atoms with van der Waals surface area (Å²) in [6.45, 7) is 10.4. The molecule has 29 heavy (non-hydrogen) atoms. The summed E-state index contributed by atoms with van der Waals surface area (Å²) < 4.78 is 0. The van der Waals surface area contributed by atoms with Gasteiger partial charge >= 0.3 is 0 Å². The van der Waals surface area contributed by atoms with Crippen LogP contribution in [0, 0.1) is 12.8 Å². The number of benzene rings is 1. The average molecular weight is 412 g/mol. The van der Waals surface area contributed by atoms with Crippen molar-refractivity contribution in [1.82, 2.24) is 20.1 Å². The summed E-state index contributed by atoms with van der Waals surface area (Å²) in [6, 6.07) is 11.6. The van der Waals surface area contributed by atoms with E-state index in [1.54, 1.807) is 11.3 Å². The summed E-state index contributed by atoms with van der Waals surface area (Å²) in [6.07, 6.45) is 3.86. The first-order chi connectivity index (χ1) is 14.2. The molecule has 2 aliphatic rings. The first-order valence-electron chi connectivity index (χ1n) is 10.9. The minimum Gasteiger partial charge on any atom is -0.357 e. The fourth-order valence-corrected chi connectivity index (χ4v) is 5.46. The van der Waals surface area contributed by atoms with Crippen LogP contribution in [0.1, 0.15) is 42.3 Å². The lowest BCUT2D eigenvalue weighted by Crippen LogP contribution is -2.56. The van der Waals surface area contributed by atoms with Crippen LogP contribution in [-0.4, -0.2) is 53.0 Å². The van der Waals surface area contributed by atoms with Crippen LogP contribution in [0.5, 0.6) is 0 Å². The van der Waals surface area contributed by atoms with Gasteiger partial charge in [0.1, 0.15) is 0 Å². The van der Waals surface area contributed by atoms with Crippen LogP contribution >= 0.6 is 11.3 Å². The van der Waals surface area contributed by atoms with Gasteiger partial charge in [-0.15, -0.1) is 11.3 Å². The molecule has 2 fully saturated rings. The smallest absolute Gasteiger partial charge is 0.194 e. The summed E-state index contributed by atoms with van der Waals surface area (Å²) in [4.78, 5) is 15.8. The summed E-state index contributed by atoms with van der Waals surface area (Å²) in [5.74, 6) is 1.80. The van der Waals surface area contributed by atoms with Crippen molar-refractivity contribution in [1.29, 1.82) is 0 Å². The van der Waals surface area contributed by atoms with Crippen LogP contribution in [0.15, 0.2) is 40.8 Å². The molecule has 0 radical (unpaired) electrons. The van der Waals surface area contributed by atoms with E-state index in [0.29, 0.717) is 6.04 Å². The highest BCUT2D eigenvalue weighted by Crippen LogP contribution is 2.31. The van der Waals surface area contributed by atoms with E-state index in [1.807, 2.05) is 5.51 Å². The second kappa shape index (κ2) is 9.72. The van der Waals surface area contributed by atoms with Gasteiger partial charge < -0.3 is 10.2 Å². The summed E-state index contributed by atoms with van der Waals surface area (Å²) in [7, 11) is 0. The van der Waals surface area contributed by atoms with Gasteiger partial charge in [-0.25, -0.2) is 9.98 Å². The zero-order chi connectivity index (χ0) is 20.1. The Morgan fingerprint density at radius 2 is 2.10 bits per heavy atom. The fourth-order valence-electron chi connectivity index (χ4n) is 4.76. The quantitative estimate of drug-likeness (QED) is 0.599. The Morgan fingerprint density at radius 1 is 1.24 bits per heavy atom. The highest BCUT2D eigenvalue weighted by molar-refractivity contribution is 7.09. The average Bonchev–Trinajstić information content (AvgIpc) is 3.16. The van der Waals surface area contributed by atoms with Crippen LogP contribution < -0.4 is 5.32 Å². The van der Waals surface area contributed by atoms with Gasteiger partial charge in [-0.2, -0.15) is 0 Å². The number of piperidine rings is 2. The van der Waals surface area contributed by atoms with Crippen molar-refractivity contribution in [3.63, 3.8) is 0 Å². The topological polar surface area (TPSA) is 43.8 Å². The molecule has 0 bridgehead atoms. The Labute approximate surface area is 178 Å². The third-order valence-corrected chi connectivity index (χ3v) is 7.18. The van der Waals surface area contributed by atoms with E-state index in [4.69, 9.17) is 4.99 Å². The lowest BCUT2D eigenvalue weighted by atomic mass is 9.83. The lowest BCUT2D eigenvalue weighted by molar-refractivity contribution is 0.0372. The normalized spacial score (nSPS) is 23.1. The van der Waals surface area contributed by atoms with Crippen molar-refractivity contribution in [2.75, 3.05) is 26.2 Å². The maximum atomic E-state index is 4.95. The summed E-state index contributed by atoms with van der Waals surface area (Å²) in [5.41, 5.74) is 4.46. The minimum atomic E-state index is 0.701. The Hall–Kier alpha value is -1.92. The molecule has 2 atom stereocenters. The molecule has 4 rings (SSSR count). The van der Waals surface area contributed by atoms with Gasteiger partial charge in [0.05, 0.1) is 17.7 Å². The number of fused-ring (bicyclic) bond motifs is 1. The molecule has 2 aliphatic heterocycles. The van der Waals surface area contributed by atoms with E-state index in [9.17, 15) is 0 Å². The van der Waals surface area contributed by atoms with Crippen molar-refractivity contribution in [3.05, 3.63) is 52.0 Å². The third kappa shape index (κ3) is 4.98.